The van der Waals surface area contributed by atoms with Crippen molar-refractivity contribution in [2.45, 2.75) is 45.6 Å². The Morgan fingerprint density at radius 3 is 2.62 bits per heavy atom. The van der Waals surface area contributed by atoms with Gasteiger partial charge >= 0.3 is 0 Å². The lowest BCUT2D eigenvalue weighted by Gasteiger charge is -2.37. The van der Waals surface area contributed by atoms with Gasteiger partial charge in [0.05, 0.1) is 12.0 Å². The molecule has 1 aromatic carbocycles. The first kappa shape index (κ1) is 16.0. The largest absolute Gasteiger partial charge is 0.393 e. The van der Waals surface area contributed by atoms with Crippen LogP contribution in [0, 0.1) is 11.8 Å². The van der Waals surface area contributed by atoms with Gasteiger partial charge in [-0.05, 0) is 23.8 Å². The summed E-state index contributed by atoms with van der Waals surface area (Å²) in [6.45, 7) is 7.64. The maximum Gasteiger partial charge on any atom is 0.230 e. The summed E-state index contributed by atoms with van der Waals surface area (Å²) >= 11 is 0. The molecule has 1 aliphatic rings. The molecule has 2 rings (SSSR count). The predicted octanol–water partition coefficient (Wildman–Crippen LogP) is 3.05. The molecule has 0 saturated carbocycles. The van der Waals surface area contributed by atoms with E-state index in [2.05, 4.69) is 26.0 Å². The van der Waals surface area contributed by atoms with Crippen molar-refractivity contribution in [1.82, 2.24) is 4.90 Å². The molecule has 0 radical (unpaired) electrons. The van der Waals surface area contributed by atoms with Crippen LogP contribution in [0.25, 0.3) is 0 Å². The molecule has 0 aromatic heterocycles. The Kier molecular flexibility index (Phi) is 5.40. The molecule has 0 aliphatic carbocycles. The molecule has 4 unspecified atom stereocenters. The highest BCUT2D eigenvalue weighted by Crippen LogP contribution is 2.30. The summed E-state index contributed by atoms with van der Waals surface area (Å²) in [4.78, 5) is 14.9. The van der Waals surface area contributed by atoms with E-state index in [1.807, 2.05) is 30.0 Å². The molecule has 1 aromatic rings. The molecule has 3 nitrogen and oxygen atoms in total. The number of hydrogen-bond acceptors (Lipinski definition) is 2. The topological polar surface area (TPSA) is 40.5 Å². The van der Waals surface area contributed by atoms with Crippen molar-refractivity contribution in [2.75, 3.05) is 13.1 Å². The standard InChI is InChI=1S/C18H27NO2/c1-4-13(2)17(15-8-6-5-7-9-15)18(21)19-11-10-16(20)14(3)12-19/h5-9,13-14,16-17,20H,4,10-12H2,1-3H3. The molecule has 1 amide bonds. The van der Waals surface area contributed by atoms with Crippen molar-refractivity contribution in [3.8, 4) is 0 Å². The molecule has 1 saturated heterocycles. The van der Waals surface area contributed by atoms with Crippen molar-refractivity contribution in [3.63, 3.8) is 0 Å². The zero-order chi connectivity index (χ0) is 15.4. The summed E-state index contributed by atoms with van der Waals surface area (Å²) in [6, 6.07) is 10.1. The number of hydrogen-bond donors (Lipinski definition) is 1. The third-order valence-electron chi connectivity index (χ3n) is 4.81. The molecule has 21 heavy (non-hydrogen) atoms. The molecule has 4 atom stereocenters. The van der Waals surface area contributed by atoms with Gasteiger partial charge < -0.3 is 10.0 Å². The predicted molar refractivity (Wildman–Crippen MR) is 85.0 cm³/mol. The van der Waals surface area contributed by atoms with Crippen molar-refractivity contribution >= 4 is 5.91 Å². The highest BCUT2D eigenvalue weighted by atomic mass is 16.3. The minimum atomic E-state index is -0.271. The number of amides is 1. The summed E-state index contributed by atoms with van der Waals surface area (Å²) in [6.07, 6.45) is 1.40. The monoisotopic (exact) mass is 289 g/mol. The fourth-order valence-corrected chi connectivity index (χ4v) is 3.14. The molecule has 116 valence electrons. The lowest BCUT2D eigenvalue weighted by molar-refractivity contribution is -0.137. The van der Waals surface area contributed by atoms with Crippen molar-refractivity contribution in [2.24, 2.45) is 11.8 Å². The zero-order valence-corrected chi connectivity index (χ0v) is 13.3. The Hall–Kier alpha value is -1.35. The van der Waals surface area contributed by atoms with Crippen LogP contribution >= 0.6 is 0 Å². The first-order valence-electron chi connectivity index (χ1n) is 8.06. The quantitative estimate of drug-likeness (QED) is 0.925. The van der Waals surface area contributed by atoms with Crippen LogP contribution in [-0.2, 0) is 4.79 Å². The number of likely N-dealkylation sites (tertiary alicyclic amines) is 1. The average Bonchev–Trinajstić information content (AvgIpc) is 2.51. The van der Waals surface area contributed by atoms with Crippen LogP contribution in [0.2, 0.25) is 0 Å². The van der Waals surface area contributed by atoms with E-state index in [1.165, 1.54) is 0 Å². The molecule has 0 spiro atoms. The van der Waals surface area contributed by atoms with Gasteiger partial charge in [-0.2, -0.15) is 0 Å². The first-order valence-corrected chi connectivity index (χ1v) is 8.06. The molecule has 0 bridgehead atoms. The van der Waals surface area contributed by atoms with Gasteiger partial charge in [0.2, 0.25) is 5.91 Å². The van der Waals surface area contributed by atoms with Crippen molar-refractivity contribution in [1.29, 1.82) is 0 Å². The Labute approximate surface area is 128 Å². The molecule has 1 N–H and O–H groups in total. The molecular formula is C18H27NO2. The van der Waals surface area contributed by atoms with Gasteiger partial charge in [-0.15, -0.1) is 0 Å². The van der Waals surface area contributed by atoms with E-state index in [1.54, 1.807) is 0 Å². The second-order valence-corrected chi connectivity index (χ2v) is 6.39. The zero-order valence-electron chi connectivity index (χ0n) is 13.3. The van der Waals surface area contributed by atoms with E-state index < -0.39 is 0 Å². The second-order valence-electron chi connectivity index (χ2n) is 6.39. The number of rotatable bonds is 4. The number of carbonyl (C=O) groups is 1. The van der Waals surface area contributed by atoms with Gasteiger partial charge in [0.1, 0.15) is 0 Å². The number of aliphatic hydroxyl groups excluding tert-OH is 1. The van der Waals surface area contributed by atoms with Crippen molar-refractivity contribution in [3.05, 3.63) is 35.9 Å². The molecule has 1 heterocycles. The minimum absolute atomic E-state index is 0.0707. The number of nitrogens with zero attached hydrogens (tertiary/aromatic N) is 1. The van der Waals surface area contributed by atoms with Crippen molar-refractivity contribution < 1.29 is 9.90 Å². The Bertz CT molecular complexity index is 460. The van der Waals surface area contributed by atoms with Gasteiger partial charge in [0, 0.05) is 13.1 Å². The summed E-state index contributed by atoms with van der Waals surface area (Å²) in [5.74, 6) is 0.631. The van der Waals surface area contributed by atoms with Crippen LogP contribution in [0.15, 0.2) is 30.3 Å². The van der Waals surface area contributed by atoms with E-state index in [0.717, 1.165) is 12.0 Å². The van der Waals surface area contributed by atoms with E-state index >= 15 is 0 Å². The van der Waals surface area contributed by atoms with Gasteiger partial charge in [0.15, 0.2) is 0 Å². The van der Waals surface area contributed by atoms with Gasteiger partial charge in [-0.25, -0.2) is 0 Å². The third-order valence-corrected chi connectivity index (χ3v) is 4.81. The summed E-state index contributed by atoms with van der Waals surface area (Å²) in [7, 11) is 0. The van der Waals surface area contributed by atoms with Crippen LogP contribution in [0.5, 0.6) is 0 Å². The summed E-state index contributed by atoms with van der Waals surface area (Å²) in [5, 5.41) is 9.85. The van der Waals surface area contributed by atoms with E-state index in [4.69, 9.17) is 0 Å². The Morgan fingerprint density at radius 1 is 1.38 bits per heavy atom. The highest BCUT2D eigenvalue weighted by molar-refractivity contribution is 5.84. The maximum atomic E-state index is 13.0. The Morgan fingerprint density at radius 2 is 2.05 bits per heavy atom. The van der Waals surface area contributed by atoms with Crippen LogP contribution in [0.3, 0.4) is 0 Å². The molecular weight excluding hydrogens is 262 g/mol. The number of aliphatic hydroxyl groups is 1. The fraction of sp³-hybridized carbons (Fsp3) is 0.611. The van der Waals surface area contributed by atoms with E-state index in [9.17, 15) is 9.90 Å². The minimum Gasteiger partial charge on any atom is -0.393 e. The SMILES string of the molecule is CCC(C)C(C(=O)N1CCC(O)C(C)C1)c1ccccc1. The fourth-order valence-electron chi connectivity index (χ4n) is 3.14. The summed E-state index contributed by atoms with van der Waals surface area (Å²) in [5.41, 5.74) is 1.11. The van der Waals surface area contributed by atoms with E-state index in [0.29, 0.717) is 25.4 Å². The lowest BCUT2D eigenvalue weighted by Crippen LogP contribution is -2.47. The van der Waals surface area contributed by atoms with E-state index in [-0.39, 0.29) is 23.8 Å². The van der Waals surface area contributed by atoms with Crippen LogP contribution < -0.4 is 0 Å². The van der Waals surface area contributed by atoms with Gasteiger partial charge in [-0.3, -0.25) is 4.79 Å². The normalized spacial score (nSPS) is 25.4. The van der Waals surface area contributed by atoms with Gasteiger partial charge in [0.25, 0.3) is 0 Å². The molecule has 3 heteroatoms. The van der Waals surface area contributed by atoms with Crippen LogP contribution in [0.1, 0.15) is 45.1 Å². The third kappa shape index (κ3) is 3.65. The number of piperidine rings is 1. The maximum absolute atomic E-state index is 13.0. The average molecular weight is 289 g/mol. The first-order chi connectivity index (χ1) is 10.0. The van der Waals surface area contributed by atoms with Crippen LogP contribution in [-0.4, -0.2) is 35.1 Å². The number of benzene rings is 1. The lowest BCUT2D eigenvalue weighted by atomic mass is 9.83. The smallest absolute Gasteiger partial charge is 0.230 e. The Balaban J connectivity index is 2.19. The number of carbonyl (C=O) groups excluding carboxylic acids is 1. The molecule has 1 fully saturated rings. The van der Waals surface area contributed by atoms with Gasteiger partial charge in [-0.1, -0.05) is 57.5 Å². The highest BCUT2D eigenvalue weighted by Gasteiger charge is 2.33. The summed E-state index contributed by atoms with van der Waals surface area (Å²) < 4.78 is 0. The molecule has 1 aliphatic heterocycles. The second kappa shape index (κ2) is 7.08. The van der Waals surface area contributed by atoms with Crippen LogP contribution in [0.4, 0.5) is 0 Å².